The summed E-state index contributed by atoms with van der Waals surface area (Å²) in [4.78, 5) is 2.57. The molecule has 2 aromatic rings. The van der Waals surface area contributed by atoms with Crippen molar-refractivity contribution < 1.29 is 0 Å². The highest BCUT2D eigenvalue weighted by atomic mass is 79.9. The zero-order valence-corrected chi connectivity index (χ0v) is 15.2. The van der Waals surface area contributed by atoms with Gasteiger partial charge in [0.1, 0.15) is 0 Å². The van der Waals surface area contributed by atoms with E-state index in [1.807, 2.05) is 12.1 Å². The van der Waals surface area contributed by atoms with Gasteiger partial charge in [-0.25, -0.2) is 0 Å². The van der Waals surface area contributed by atoms with Crippen LogP contribution in [0.2, 0.25) is 0 Å². The van der Waals surface area contributed by atoms with Gasteiger partial charge in [-0.15, -0.1) is 11.3 Å². The monoisotopic (exact) mass is 401 g/mol. The number of thiophene rings is 1. The molecule has 2 N–H and O–H groups in total. The number of hydrogen-bond donors (Lipinski definition) is 1. The Hall–Kier alpha value is -0.160. The lowest BCUT2D eigenvalue weighted by Gasteiger charge is -2.16. The van der Waals surface area contributed by atoms with Gasteiger partial charge in [0.25, 0.3) is 0 Å². The van der Waals surface area contributed by atoms with Crippen molar-refractivity contribution in [3.63, 3.8) is 0 Å². The molecule has 4 heteroatoms. The molecular weight excluding hydrogens is 386 g/mol. The Bertz CT molecular complexity index is 584. The minimum Gasteiger partial charge on any atom is -0.320 e. The van der Waals surface area contributed by atoms with Crippen molar-refractivity contribution in [2.75, 3.05) is 0 Å². The van der Waals surface area contributed by atoms with E-state index < -0.39 is 0 Å². The molecule has 1 unspecified atom stereocenters. The maximum absolute atomic E-state index is 6.39. The Balaban J connectivity index is 2.34. The van der Waals surface area contributed by atoms with Crippen LogP contribution < -0.4 is 5.73 Å². The fraction of sp³-hybridized carbons (Fsp3) is 0.333. The third-order valence-corrected chi connectivity index (χ3v) is 5.74. The quantitative estimate of drug-likeness (QED) is 0.692. The first-order chi connectivity index (χ1) is 8.79. The fourth-order valence-electron chi connectivity index (χ4n) is 1.83. The fourth-order valence-corrected chi connectivity index (χ4v) is 4.21. The lowest BCUT2D eigenvalue weighted by atomic mass is 9.95. The first kappa shape index (κ1) is 15.2. The number of halogens is 2. The largest absolute Gasteiger partial charge is 0.320 e. The molecule has 0 spiro atoms. The molecule has 1 heterocycles. The number of rotatable bonds is 2. The van der Waals surface area contributed by atoms with Gasteiger partial charge in [-0.05, 0) is 35.2 Å². The average Bonchev–Trinajstić information content (AvgIpc) is 2.76. The normalized spacial score (nSPS) is 13.6. The van der Waals surface area contributed by atoms with E-state index in [4.69, 9.17) is 5.73 Å². The molecule has 0 saturated heterocycles. The molecule has 1 nitrogen and oxygen atoms in total. The van der Waals surface area contributed by atoms with Gasteiger partial charge in [0.2, 0.25) is 0 Å². The van der Waals surface area contributed by atoms with Crippen molar-refractivity contribution in [2.24, 2.45) is 5.73 Å². The van der Waals surface area contributed by atoms with E-state index in [2.05, 4.69) is 70.8 Å². The summed E-state index contributed by atoms with van der Waals surface area (Å²) in [5, 5.41) is 0. The molecule has 0 radical (unpaired) electrons. The van der Waals surface area contributed by atoms with Crippen molar-refractivity contribution in [3.8, 4) is 0 Å². The highest BCUT2D eigenvalue weighted by molar-refractivity contribution is 9.11. The summed E-state index contributed by atoms with van der Waals surface area (Å²) >= 11 is 8.85. The Kier molecular flexibility index (Phi) is 4.56. The molecule has 0 fully saturated rings. The molecule has 2 rings (SSSR count). The molecular formula is C15H17Br2NS. The van der Waals surface area contributed by atoms with Gasteiger partial charge < -0.3 is 5.73 Å². The second-order valence-electron chi connectivity index (χ2n) is 5.60. The zero-order chi connectivity index (χ0) is 14.2. The minimum absolute atomic E-state index is 0.0800. The molecule has 102 valence electrons. The highest BCUT2D eigenvalue weighted by Gasteiger charge is 2.20. The second kappa shape index (κ2) is 5.68. The number of benzene rings is 1. The molecule has 1 aromatic heterocycles. The van der Waals surface area contributed by atoms with Crippen LogP contribution in [0.4, 0.5) is 0 Å². The van der Waals surface area contributed by atoms with Gasteiger partial charge in [-0.2, -0.15) is 0 Å². The Morgan fingerprint density at radius 2 is 1.79 bits per heavy atom. The number of nitrogens with two attached hydrogens (primary N) is 1. The topological polar surface area (TPSA) is 26.0 Å². The Labute approximate surface area is 135 Å². The molecule has 0 amide bonds. The van der Waals surface area contributed by atoms with Crippen LogP contribution in [-0.2, 0) is 5.41 Å². The van der Waals surface area contributed by atoms with Crippen LogP contribution in [0.3, 0.4) is 0 Å². The van der Waals surface area contributed by atoms with E-state index in [0.29, 0.717) is 0 Å². The molecule has 0 aliphatic heterocycles. The van der Waals surface area contributed by atoms with Gasteiger partial charge in [0.05, 0.1) is 6.04 Å². The molecule has 1 atom stereocenters. The van der Waals surface area contributed by atoms with Gasteiger partial charge in [-0.3, -0.25) is 0 Å². The summed E-state index contributed by atoms with van der Waals surface area (Å²) in [6.07, 6.45) is 0. The van der Waals surface area contributed by atoms with Crippen molar-refractivity contribution in [2.45, 2.75) is 32.2 Å². The lowest BCUT2D eigenvalue weighted by Crippen LogP contribution is -2.11. The Morgan fingerprint density at radius 1 is 1.11 bits per heavy atom. The van der Waals surface area contributed by atoms with Crippen LogP contribution >= 0.6 is 43.2 Å². The molecule has 0 aliphatic carbocycles. The first-order valence-electron chi connectivity index (χ1n) is 6.10. The van der Waals surface area contributed by atoms with Gasteiger partial charge in [-0.1, -0.05) is 58.7 Å². The van der Waals surface area contributed by atoms with E-state index in [0.717, 1.165) is 14.5 Å². The van der Waals surface area contributed by atoms with Crippen LogP contribution in [0.1, 0.15) is 42.1 Å². The standard InChI is InChI=1S/C15H17Br2NS/c1-15(2,3)13-7-6-12(19-13)14(18)10-5-4-9(16)8-11(10)17/h4-8,14H,18H2,1-3H3. The van der Waals surface area contributed by atoms with E-state index in [9.17, 15) is 0 Å². The summed E-state index contributed by atoms with van der Waals surface area (Å²) in [5.74, 6) is 0. The average molecular weight is 403 g/mol. The lowest BCUT2D eigenvalue weighted by molar-refractivity contribution is 0.604. The van der Waals surface area contributed by atoms with Crippen molar-refractivity contribution >= 4 is 43.2 Å². The molecule has 19 heavy (non-hydrogen) atoms. The van der Waals surface area contributed by atoms with Crippen LogP contribution in [0.25, 0.3) is 0 Å². The highest BCUT2D eigenvalue weighted by Crippen LogP contribution is 2.36. The second-order valence-corrected chi connectivity index (χ2v) is 8.48. The van der Waals surface area contributed by atoms with E-state index in [1.165, 1.54) is 9.75 Å². The van der Waals surface area contributed by atoms with Crippen LogP contribution in [-0.4, -0.2) is 0 Å². The maximum Gasteiger partial charge on any atom is 0.0657 e. The third kappa shape index (κ3) is 3.48. The van der Waals surface area contributed by atoms with Crippen molar-refractivity contribution in [1.82, 2.24) is 0 Å². The van der Waals surface area contributed by atoms with E-state index >= 15 is 0 Å². The van der Waals surface area contributed by atoms with Crippen LogP contribution in [0.15, 0.2) is 39.3 Å². The van der Waals surface area contributed by atoms with E-state index in [-0.39, 0.29) is 11.5 Å². The number of hydrogen-bond acceptors (Lipinski definition) is 2. The summed E-state index contributed by atoms with van der Waals surface area (Å²) in [6, 6.07) is 10.4. The van der Waals surface area contributed by atoms with Gasteiger partial charge >= 0.3 is 0 Å². The predicted molar refractivity (Wildman–Crippen MR) is 90.9 cm³/mol. The Morgan fingerprint density at radius 3 is 2.32 bits per heavy atom. The van der Waals surface area contributed by atoms with Crippen LogP contribution in [0, 0.1) is 0 Å². The molecule has 0 saturated carbocycles. The summed E-state index contributed by atoms with van der Waals surface area (Å²) < 4.78 is 2.09. The van der Waals surface area contributed by atoms with Gasteiger partial charge in [0.15, 0.2) is 0 Å². The SMILES string of the molecule is CC(C)(C)c1ccc(C(N)c2ccc(Br)cc2Br)s1. The summed E-state index contributed by atoms with van der Waals surface area (Å²) in [7, 11) is 0. The molecule has 0 aliphatic rings. The van der Waals surface area contributed by atoms with Crippen molar-refractivity contribution in [3.05, 3.63) is 54.6 Å². The van der Waals surface area contributed by atoms with Gasteiger partial charge in [0, 0.05) is 18.7 Å². The first-order valence-corrected chi connectivity index (χ1v) is 8.50. The maximum atomic E-state index is 6.39. The smallest absolute Gasteiger partial charge is 0.0657 e. The molecule has 1 aromatic carbocycles. The predicted octanol–water partition coefficient (Wildman–Crippen LogP) is 5.62. The van der Waals surface area contributed by atoms with Crippen molar-refractivity contribution in [1.29, 1.82) is 0 Å². The van der Waals surface area contributed by atoms with E-state index in [1.54, 1.807) is 11.3 Å². The zero-order valence-electron chi connectivity index (χ0n) is 11.2. The van der Waals surface area contributed by atoms with Crippen LogP contribution in [0.5, 0.6) is 0 Å². The third-order valence-electron chi connectivity index (χ3n) is 2.97. The molecule has 0 bridgehead atoms. The minimum atomic E-state index is -0.0800. The summed E-state index contributed by atoms with van der Waals surface area (Å²) in [5.41, 5.74) is 7.69. The summed E-state index contributed by atoms with van der Waals surface area (Å²) in [6.45, 7) is 6.68.